The first-order valence-corrected chi connectivity index (χ1v) is 5.09. The molecule has 1 aromatic heterocycles. The number of nitrogen functional groups attached to an aromatic ring is 1. The Balaban J connectivity index is 2.45. The number of carbonyl (C=O) groups is 1. The molecule has 0 fully saturated rings. The molecule has 0 radical (unpaired) electrons. The largest absolute Gasteiger partial charge is 0.399 e. The highest BCUT2D eigenvalue weighted by Gasteiger charge is 2.12. The van der Waals surface area contributed by atoms with E-state index in [1.807, 2.05) is 6.07 Å². The molecule has 88 valence electrons. The molecule has 2 rings (SSSR count). The Bertz CT molecular complexity index is 569. The first kappa shape index (κ1) is 11.3. The van der Waals surface area contributed by atoms with Crippen LogP contribution in [0.25, 0.3) is 10.9 Å². The molecule has 1 amide bonds. The second kappa shape index (κ2) is 4.39. The summed E-state index contributed by atoms with van der Waals surface area (Å²) in [6.45, 7) is 0. The van der Waals surface area contributed by atoms with Gasteiger partial charge >= 0.3 is 0 Å². The summed E-state index contributed by atoms with van der Waals surface area (Å²) in [5, 5.41) is 2.02. The Morgan fingerprint density at radius 3 is 2.88 bits per heavy atom. The van der Waals surface area contributed by atoms with Gasteiger partial charge in [-0.15, -0.1) is 0 Å². The van der Waals surface area contributed by atoms with E-state index in [-0.39, 0.29) is 5.91 Å². The first-order valence-electron chi connectivity index (χ1n) is 5.09. The minimum atomic E-state index is -0.237. The molecule has 0 spiro atoms. The highest BCUT2D eigenvalue weighted by atomic mass is 16.7. The summed E-state index contributed by atoms with van der Waals surface area (Å²) in [5.74, 6) is -0.237. The molecule has 0 aliphatic rings. The number of nitrogens with two attached hydrogens (primary N) is 1. The predicted molar refractivity (Wildman–Crippen MR) is 65.3 cm³/mol. The lowest BCUT2D eigenvalue weighted by Crippen LogP contribution is -2.25. The summed E-state index contributed by atoms with van der Waals surface area (Å²) in [4.78, 5) is 20.9. The molecule has 0 saturated carbocycles. The molecule has 17 heavy (non-hydrogen) atoms. The number of amides is 1. The van der Waals surface area contributed by atoms with Gasteiger partial charge in [0.2, 0.25) is 0 Å². The third kappa shape index (κ3) is 2.19. The summed E-state index contributed by atoms with van der Waals surface area (Å²) in [7, 11) is 2.99. The highest BCUT2D eigenvalue weighted by Crippen LogP contribution is 2.17. The van der Waals surface area contributed by atoms with Crippen molar-refractivity contribution < 1.29 is 9.63 Å². The van der Waals surface area contributed by atoms with E-state index in [4.69, 9.17) is 10.6 Å². The second-order valence-corrected chi connectivity index (χ2v) is 3.66. The first-order chi connectivity index (χ1) is 8.11. The van der Waals surface area contributed by atoms with Gasteiger partial charge in [0.05, 0.1) is 18.2 Å². The van der Waals surface area contributed by atoms with Crippen molar-refractivity contribution in [2.75, 3.05) is 19.9 Å². The lowest BCUT2D eigenvalue weighted by atomic mass is 10.1. The maximum atomic E-state index is 11.8. The molecule has 0 unspecified atom stereocenters. The average Bonchev–Trinajstić information content (AvgIpc) is 2.36. The zero-order valence-corrected chi connectivity index (χ0v) is 9.68. The van der Waals surface area contributed by atoms with E-state index in [2.05, 4.69) is 4.98 Å². The number of anilines is 1. The van der Waals surface area contributed by atoms with E-state index in [0.717, 1.165) is 16.0 Å². The molecular formula is C12H13N3O2. The summed E-state index contributed by atoms with van der Waals surface area (Å²) >= 11 is 0. The molecule has 2 aromatic rings. The molecule has 5 nitrogen and oxygen atoms in total. The zero-order valence-electron chi connectivity index (χ0n) is 9.68. The third-order valence-corrected chi connectivity index (χ3v) is 2.52. The van der Waals surface area contributed by atoms with Gasteiger partial charge in [0.1, 0.15) is 0 Å². The van der Waals surface area contributed by atoms with Crippen molar-refractivity contribution in [2.45, 2.75) is 0 Å². The molecule has 0 aliphatic heterocycles. The Morgan fingerprint density at radius 1 is 1.41 bits per heavy atom. The van der Waals surface area contributed by atoms with Crippen LogP contribution >= 0.6 is 0 Å². The minimum Gasteiger partial charge on any atom is -0.399 e. The molecule has 0 atom stereocenters. The number of hydrogen-bond donors (Lipinski definition) is 1. The van der Waals surface area contributed by atoms with Crippen LogP contribution < -0.4 is 5.73 Å². The van der Waals surface area contributed by atoms with Crippen molar-refractivity contribution in [2.24, 2.45) is 0 Å². The fourth-order valence-corrected chi connectivity index (χ4v) is 1.52. The van der Waals surface area contributed by atoms with Gasteiger partial charge in [0, 0.05) is 24.3 Å². The predicted octanol–water partition coefficient (Wildman–Crippen LogP) is 1.45. The Hall–Kier alpha value is -2.14. The molecule has 0 saturated heterocycles. The van der Waals surface area contributed by atoms with Gasteiger partial charge in [0.25, 0.3) is 5.91 Å². The van der Waals surface area contributed by atoms with E-state index in [0.29, 0.717) is 11.3 Å². The Labute approximate surface area is 98.8 Å². The van der Waals surface area contributed by atoms with Crippen molar-refractivity contribution >= 4 is 22.5 Å². The minimum absolute atomic E-state index is 0.237. The number of rotatable bonds is 2. The molecule has 0 bridgehead atoms. The van der Waals surface area contributed by atoms with Gasteiger partial charge < -0.3 is 5.73 Å². The number of hydroxylamine groups is 2. The van der Waals surface area contributed by atoms with Crippen molar-refractivity contribution in [3.63, 3.8) is 0 Å². The van der Waals surface area contributed by atoms with Crippen LogP contribution in [0.15, 0.2) is 30.5 Å². The average molecular weight is 231 g/mol. The number of carbonyl (C=O) groups excluding carboxylic acids is 1. The van der Waals surface area contributed by atoms with E-state index >= 15 is 0 Å². The summed E-state index contributed by atoms with van der Waals surface area (Å²) < 4.78 is 0. The van der Waals surface area contributed by atoms with Gasteiger partial charge in [-0.3, -0.25) is 14.6 Å². The van der Waals surface area contributed by atoms with Gasteiger partial charge in [-0.2, -0.15) is 0 Å². The van der Waals surface area contributed by atoms with Crippen LogP contribution in [0.5, 0.6) is 0 Å². The number of hydrogen-bond acceptors (Lipinski definition) is 4. The zero-order chi connectivity index (χ0) is 12.4. The number of pyridine rings is 1. The van der Waals surface area contributed by atoms with Gasteiger partial charge in [0.15, 0.2) is 0 Å². The highest BCUT2D eigenvalue weighted by molar-refractivity contribution is 5.96. The summed E-state index contributed by atoms with van der Waals surface area (Å²) in [5.41, 5.74) is 7.55. The SMILES string of the molecule is CON(C)C(=O)c1cnc2cc(N)ccc2c1. The quantitative estimate of drug-likeness (QED) is 0.627. The smallest absolute Gasteiger partial charge is 0.278 e. The molecule has 2 N–H and O–H groups in total. The summed E-state index contributed by atoms with van der Waals surface area (Å²) in [6.07, 6.45) is 1.51. The number of aromatic nitrogens is 1. The van der Waals surface area contributed by atoms with Crippen LogP contribution in [0, 0.1) is 0 Å². The molecule has 5 heteroatoms. The van der Waals surface area contributed by atoms with E-state index < -0.39 is 0 Å². The van der Waals surface area contributed by atoms with Crippen molar-refractivity contribution in [3.8, 4) is 0 Å². The fraction of sp³-hybridized carbons (Fsp3) is 0.167. The number of fused-ring (bicyclic) bond motifs is 1. The molecular weight excluding hydrogens is 218 g/mol. The fourth-order valence-electron chi connectivity index (χ4n) is 1.52. The molecule has 1 heterocycles. The van der Waals surface area contributed by atoms with Crippen molar-refractivity contribution in [3.05, 3.63) is 36.0 Å². The van der Waals surface area contributed by atoms with E-state index in [9.17, 15) is 4.79 Å². The lowest BCUT2D eigenvalue weighted by molar-refractivity contribution is -0.0757. The lowest BCUT2D eigenvalue weighted by Gasteiger charge is -2.13. The van der Waals surface area contributed by atoms with Crippen LogP contribution in [0.1, 0.15) is 10.4 Å². The van der Waals surface area contributed by atoms with Gasteiger partial charge in [-0.05, 0) is 18.2 Å². The van der Waals surface area contributed by atoms with Crippen LogP contribution in [-0.4, -0.2) is 30.1 Å². The Kier molecular flexibility index (Phi) is 2.93. The van der Waals surface area contributed by atoms with Crippen molar-refractivity contribution in [1.29, 1.82) is 0 Å². The molecule has 1 aromatic carbocycles. The second-order valence-electron chi connectivity index (χ2n) is 3.66. The van der Waals surface area contributed by atoms with Crippen molar-refractivity contribution in [1.82, 2.24) is 10.0 Å². The van der Waals surface area contributed by atoms with Crippen LogP contribution in [0.3, 0.4) is 0 Å². The standard InChI is InChI=1S/C12H13N3O2/c1-15(17-2)12(16)9-5-8-3-4-10(13)6-11(8)14-7-9/h3-7H,13H2,1-2H3. The van der Waals surface area contributed by atoms with E-state index in [1.165, 1.54) is 13.3 Å². The maximum Gasteiger partial charge on any atom is 0.278 e. The number of nitrogens with zero attached hydrogens (tertiary/aromatic N) is 2. The normalized spacial score (nSPS) is 10.5. The van der Waals surface area contributed by atoms with Crippen LogP contribution in [0.4, 0.5) is 5.69 Å². The van der Waals surface area contributed by atoms with Gasteiger partial charge in [-0.25, -0.2) is 5.06 Å². The monoisotopic (exact) mass is 231 g/mol. The maximum absolute atomic E-state index is 11.8. The van der Waals surface area contributed by atoms with Crippen LogP contribution in [-0.2, 0) is 4.84 Å². The van der Waals surface area contributed by atoms with Gasteiger partial charge in [-0.1, -0.05) is 6.07 Å². The molecule has 0 aliphatic carbocycles. The topological polar surface area (TPSA) is 68.5 Å². The van der Waals surface area contributed by atoms with Crippen LogP contribution in [0.2, 0.25) is 0 Å². The third-order valence-electron chi connectivity index (χ3n) is 2.52. The Morgan fingerprint density at radius 2 is 2.18 bits per heavy atom. The van der Waals surface area contributed by atoms with E-state index in [1.54, 1.807) is 25.2 Å². The summed E-state index contributed by atoms with van der Waals surface area (Å²) in [6, 6.07) is 7.14. The number of benzene rings is 1.